The summed E-state index contributed by atoms with van der Waals surface area (Å²) in [5.41, 5.74) is 1.02. The lowest BCUT2D eigenvalue weighted by Gasteiger charge is -2.27. The third-order valence-corrected chi connectivity index (χ3v) is 4.56. The molecule has 1 aromatic rings. The molecule has 1 aromatic carbocycles. The first-order chi connectivity index (χ1) is 14.2. The van der Waals surface area contributed by atoms with E-state index in [0.717, 1.165) is 18.4 Å². The van der Waals surface area contributed by atoms with E-state index in [1.165, 1.54) is 0 Å². The minimum absolute atomic E-state index is 0.0596. The van der Waals surface area contributed by atoms with E-state index in [4.69, 9.17) is 9.47 Å². The lowest BCUT2D eigenvalue weighted by atomic mass is 9.92. The van der Waals surface area contributed by atoms with Gasteiger partial charge in [0, 0.05) is 26.1 Å². The fraction of sp³-hybridized carbons (Fsp3) is 0.652. The van der Waals surface area contributed by atoms with Crippen LogP contribution in [0.5, 0.6) is 5.75 Å². The highest BCUT2D eigenvalue weighted by molar-refractivity contribution is 5.74. The van der Waals surface area contributed by atoms with Crippen molar-refractivity contribution >= 4 is 12.0 Å². The Morgan fingerprint density at radius 3 is 2.33 bits per heavy atom. The maximum Gasteiger partial charge on any atom is 0.333 e. The molecule has 170 valence electrons. The third kappa shape index (κ3) is 10.5. The molecule has 0 saturated heterocycles. The number of urea groups is 1. The maximum atomic E-state index is 12.4. The number of ether oxygens (including phenoxy) is 2. The van der Waals surface area contributed by atoms with Crippen LogP contribution in [0, 0.1) is 5.41 Å². The molecular formula is C23H38N2O5. The number of amides is 2. The molecule has 0 aliphatic rings. The summed E-state index contributed by atoms with van der Waals surface area (Å²) in [4.78, 5) is 25.4. The van der Waals surface area contributed by atoms with Gasteiger partial charge in [0.25, 0.3) is 0 Å². The number of benzene rings is 1. The lowest BCUT2D eigenvalue weighted by Crippen LogP contribution is -2.43. The predicted octanol–water partition coefficient (Wildman–Crippen LogP) is 3.96. The Bertz CT molecular complexity index is 640. The van der Waals surface area contributed by atoms with Crippen LogP contribution in [-0.2, 0) is 16.0 Å². The average Bonchev–Trinajstić information content (AvgIpc) is 2.68. The van der Waals surface area contributed by atoms with E-state index in [1.54, 1.807) is 11.8 Å². The third-order valence-electron chi connectivity index (χ3n) is 4.56. The van der Waals surface area contributed by atoms with Crippen LogP contribution in [0.4, 0.5) is 4.79 Å². The number of hydrogen-bond acceptors (Lipinski definition) is 4. The van der Waals surface area contributed by atoms with Crippen LogP contribution >= 0.6 is 0 Å². The summed E-state index contributed by atoms with van der Waals surface area (Å²) < 4.78 is 11.1. The number of carboxylic acids is 1. The maximum absolute atomic E-state index is 12.4. The summed E-state index contributed by atoms with van der Waals surface area (Å²) in [7, 11) is 0. The summed E-state index contributed by atoms with van der Waals surface area (Å²) in [6, 6.07) is 7.26. The van der Waals surface area contributed by atoms with Gasteiger partial charge in [0.2, 0.25) is 0 Å². The first-order valence-electron chi connectivity index (χ1n) is 10.7. The van der Waals surface area contributed by atoms with Gasteiger partial charge in [-0.3, -0.25) is 0 Å². The zero-order valence-electron chi connectivity index (χ0n) is 19.1. The van der Waals surface area contributed by atoms with Gasteiger partial charge < -0.3 is 24.8 Å². The van der Waals surface area contributed by atoms with Crippen molar-refractivity contribution < 1.29 is 24.2 Å². The Morgan fingerprint density at radius 1 is 1.13 bits per heavy atom. The van der Waals surface area contributed by atoms with Gasteiger partial charge in [-0.05, 0) is 42.9 Å². The molecule has 1 unspecified atom stereocenters. The highest BCUT2D eigenvalue weighted by atomic mass is 16.5. The summed E-state index contributed by atoms with van der Waals surface area (Å²) in [6.07, 6.45) is 1.26. The molecule has 7 nitrogen and oxygen atoms in total. The second-order valence-electron chi connectivity index (χ2n) is 8.51. The first kappa shape index (κ1) is 25.8. The highest BCUT2D eigenvalue weighted by Gasteiger charge is 2.19. The van der Waals surface area contributed by atoms with Crippen molar-refractivity contribution in [2.24, 2.45) is 5.41 Å². The molecule has 2 N–H and O–H groups in total. The molecule has 0 aromatic heterocycles. The van der Waals surface area contributed by atoms with Gasteiger partial charge in [0.05, 0.1) is 6.54 Å². The monoisotopic (exact) mass is 422 g/mol. The molecule has 0 fully saturated rings. The van der Waals surface area contributed by atoms with Gasteiger partial charge >= 0.3 is 12.0 Å². The Morgan fingerprint density at radius 2 is 1.80 bits per heavy atom. The molecule has 0 bridgehead atoms. The molecule has 1 atom stereocenters. The largest absolute Gasteiger partial charge is 0.492 e. The van der Waals surface area contributed by atoms with Crippen LogP contribution in [0.1, 0.15) is 53.0 Å². The van der Waals surface area contributed by atoms with Crippen LogP contribution < -0.4 is 10.1 Å². The quantitative estimate of drug-likeness (QED) is 0.502. The molecule has 30 heavy (non-hydrogen) atoms. The van der Waals surface area contributed by atoms with E-state index >= 15 is 0 Å². The molecule has 0 aliphatic heterocycles. The van der Waals surface area contributed by atoms with Crippen molar-refractivity contribution in [2.45, 2.75) is 60.0 Å². The molecule has 0 spiro atoms. The minimum Gasteiger partial charge on any atom is -0.492 e. The second kappa shape index (κ2) is 13.1. The second-order valence-corrected chi connectivity index (χ2v) is 8.51. The van der Waals surface area contributed by atoms with Crippen LogP contribution in [-0.4, -0.2) is 61.0 Å². The van der Waals surface area contributed by atoms with Gasteiger partial charge in [0.1, 0.15) is 12.4 Å². The number of nitrogens with zero attached hydrogens (tertiary/aromatic N) is 1. The van der Waals surface area contributed by atoms with E-state index in [9.17, 15) is 14.7 Å². The molecule has 0 radical (unpaired) electrons. The predicted molar refractivity (Wildman–Crippen MR) is 118 cm³/mol. The normalized spacial score (nSPS) is 12.3. The zero-order valence-corrected chi connectivity index (χ0v) is 19.1. The molecule has 2 amide bonds. The smallest absolute Gasteiger partial charge is 0.333 e. The van der Waals surface area contributed by atoms with Crippen LogP contribution in [0.3, 0.4) is 0 Å². The van der Waals surface area contributed by atoms with Gasteiger partial charge in [-0.2, -0.15) is 0 Å². The fourth-order valence-corrected chi connectivity index (χ4v) is 2.76. The van der Waals surface area contributed by atoms with E-state index in [0.29, 0.717) is 45.0 Å². The molecule has 1 rings (SSSR count). The van der Waals surface area contributed by atoms with Crippen LogP contribution in [0.25, 0.3) is 0 Å². The topological polar surface area (TPSA) is 88.1 Å². The number of hydrogen-bond donors (Lipinski definition) is 2. The lowest BCUT2D eigenvalue weighted by molar-refractivity contribution is -0.149. The Kier molecular flexibility index (Phi) is 11.3. The number of nitrogens with one attached hydrogen (secondary N) is 1. The summed E-state index contributed by atoms with van der Waals surface area (Å²) >= 11 is 0. The van der Waals surface area contributed by atoms with Gasteiger partial charge in [-0.25, -0.2) is 9.59 Å². The van der Waals surface area contributed by atoms with Crippen molar-refractivity contribution in [2.75, 3.05) is 32.8 Å². The zero-order chi connectivity index (χ0) is 22.6. The van der Waals surface area contributed by atoms with Crippen molar-refractivity contribution in [3.05, 3.63) is 29.8 Å². The minimum atomic E-state index is -0.964. The molecule has 7 heteroatoms. The standard InChI is InChI=1S/C23H38N2O5/c1-6-13-24-22(28)25(14-12-23(3,4)5)15-16-30-19-10-8-18(9-11-19)17-20(21(26)27)29-7-2/h8-11,20H,6-7,12-17H2,1-5H3,(H,24,28)(H,26,27). The molecule has 0 heterocycles. The number of carboxylic acid groups (broad SMARTS) is 1. The summed E-state index contributed by atoms with van der Waals surface area (Å²) in [5.74, 6) is -0.277. The Labute approximate surface area is 180 Å². The van der Waals surface area contributed by atoms with Crippen molar-refractivity contribution in [1.29, 1.82) is 0 Å². The van der Waals surface area contributed by atoms with Crippen molar-refractivity contribution in [1.82, 2.24) is 10.2 Å². The summed E-state index contributed by atoms with van der Waals surface area (Å²) in [6.45, 7) is 12.9. The average molecular weight is 423 g/mol. The Balaban J connectivity index is 2.58. The molecule has 0 aliphatic carbocycles. The SMILES string of the molecule is CCCNC(=O)N(CCOc1ccc(CC(OCC)C(=O)O)cc1)CCC(C)(C)C. The van der Waals surface area contributed by atoms with E-state index < -0.39 is 12.1 Å². The van der Waals surface area contributed by atoms with E-state index in [1.807, 2.05) is 31.2 Å². The van der Waals surface area contributed by atoms with Crippen LogP contribution in [0.15, 0.2) is 24.3 Å². The number of carbonyl (C=O) groups is 2. The van der Waals surface area contributed by atoms with E-state index in [-0.39, 0.29) is 11.4 Å². The van der Waals surface area contributed by atoms with Gasteiger partial charge in [-0.15, -0.1) is 0 Å². The van der Waals surface area contributed by atoms with Crippen molar-refractivity contribution in [3.8, 4) is 5.75 Å². The van der Waals surface area contributed by atoms with E-state index in [2.05, 4.69) is 26.1 Å². The molecular weight excluding hydrogens is 384 g/mol. The highest BCUT2D eigenvalue weighted by Crippen LogP contribution is 2.19. The summed E-state index contributed by atoms with van der Waals surface area (Å²) in [5, 5.41) is 12.1. The fourth-order valence-electron chi connectivity index (χ4n) is 2.76. The van der Waals surface area contributed by atoms with Gasteiger partial charge in [-0.1, -0.05) is 39.8 Å². The van der Waals surface area contributed by atoms with Crippen molar-refractivity contribution in [3.63, 3.8) is 0 Å². The number of carbonyl (C=O) groups excluding carboxylic acids is 1. The Hall–Kier alpha value is -2.28. The number of rotatable bonds is 13. The van der Waals surface area contributed by atoms with Crippen LogP contribution in [0.2, 0.25) is 0 Å². The number of aliphatic carboxylic acids is 1. The molecule has 0 saturated carbocycles. The van der Waals surface area contributed by atoms with Gasteiger partial charge in [0.15, 0.2) is 6.10 Å². The first-order valence-corrected chi connectivity index (χ1v) is 10.7.